The third kappa shape index (κ3) is 5.22. The predicted molar refractivity (Wildman–Crippen MR) is 130 cm³/mol. The van der Waals surface area contributed by atoms with Gasteiger partial charge in [-0.3, -0.25) is 0 Å². The van der Waals surface area contributed by atoms with Gasteiger partial charge in [0, 0.05) is 68.9 Å². The van der Waals surface area contributed by atoms with Gasteiger partial charge >= 0.3 is 0 Å². The number of aromatic nitrogens is 5. The standard InChI is InChI=1S/C23H27FN8O2S/c1-15-18-14-27-23(22-25-6-2-7-26-22)29-19(18)5-10-32(15)21-12-17(24)11-20(30-21)31-8-3-16(4-9-31)13-28-35(33)34/h2,6-7,11-12,14-16,35H,3-5,8-10,13H2,1H3,(H,28,33,34). The maximum Gasteiger partial charge on any atom is 0.201 e. The van der Waals surface area contributed by atoms with Crippen molar-refractivity contribution in [3.63, 3.8) is 0 Å². The lowest BCUT2D eigenvalue weighted by atomic mass is 9.97. The first-order valence-electron chi connectivity index (χ1n) is 11.7. The number of hydrogen-bond acceptors (Lipinski definition) is 9. The normalized spacial score (nSPS) is 18.7. The van der Waals surface area contributed by atoms with Crippen molar-refractivity contribution in [3.05, 3.63) is 53.9 Å². The van der Waals surface area contributed by atoms with E-state index in [1.54, 1.807) is 24.7 Å². The third-order valence-electron chi connectivity index (χ3n) is 6.68. The van der Waals surface area contributed by atoms with E-state index >= 15 is 0 Å². The molecule has 0 aromatic carbocycles. The third-order valence-corrected chi connectivity index (χ3v) is 7.12. The van der Waals surface area contributed by atoms with Gasteiger partial charge in [-0.25, -0.2) is 42.5 Å². The minimum Gasteiger partial charge on any atom is -0.356 e. The Morgan fingerprint density at radius 2 is 1.77 bits per heavy atom. The van der Waals surface area contributed by atoms with Gasteiger partial charge in [0.1, 0.15) is 17.5 Å². The lowest BCUT2D eigenvalue weighted by molar-refractivity contribution is 0.401. The largest absolute Gasteiger partial charge is 0.356 e. The zero-order valence-electron chi connectivity index (χ0n) is 19.3. The molecule has 12 heteroatoms. The molecule has 1 unspecified atom stereocenters. The summed E-state index contributed by atoms with van der Waals surface area (Å²) < 4.78 is 38.7. The van der Waals surface area contributed by atoms with Gasteiger partial charge < -0.3 is 9.80 Å². The van der Waals surface area contributed by atoms with Crippen molar-refractivity contribution in [2.45, 2.75) is 32.2 Å². The van der Waals surface area contributed by atoms with Gasteiger partial charge in [-0.15, -0.1) is 0 Å². The number of halogens is 1. The van der Waals surface area contributed by atoms with Crippen LogP contribution in [-0.2, 0) is 17.3 Å². The summed E-state index contributed by atoms with van der Waals surface area (Å²) in [7, 11) is -2.58. The van der Waals surface area contributed by atoms with Crippen molar-refractivity contribution in [1.82, 2.24) is 29.6 Å². The van der Waals surface area contributed by atoms with E-state index in [9.17, 15) is 12.8 Å². The van der Waals surface area contributed by atoms with Gasteiger partial charge in [-0.1, -0.05) is 0 Å². The van der Waals surface area contributed by atoms with E-state index < -0.39 is 10.9 Å². The van der Waals surface area contributed by atoms with Crippen LogP contribution in [0.3, 0.4) is 0 Å². The van der Waals surface area contributed by atoms with Crippen molar-refractivity contribution < 1.29 is 12.8 Å². The Morgan fingerprint density at radius 1 is 1.03 bits per heavy atom. The van der Waals surface area contributed by atoms with E-state index in [0.717, 1.165) is 24.1 Å². The molecule has 0 radical (unpaired) electrons. The molecule has 1 atom stereocenters. The lowest BCUT2D eigenvalue weighted by Crippen LogP contribution is -2.38. The molecule has 0 spiro atoms. The van der Waals surface area contributed by atoms with Crippen molar-refractivity contribution in [2.24, 2.45) is 5.92 Å². The van der Waals surface area contributed by atoms with Crippen LogP contribution >= 0.6 is 0 Å². The fraction of sp³-hybridized carbons (Fsp3) is 0.435. The van der Waals surface area contributed by atoms with Crippen LogP contribution in [0, 0.1) is 11.7 Å². The second kappa shape index (κ2) is 10.2. The van der Waals surface area contributed by atoms with E-state index in [0.29, 0.717) is 55.9 Å². The van der Waals surface area contributed by atoms with Crippen molar-refractivity contribution in [1.29, 1.82) is 0 Å². The topological polar surface area (TPSA) is 117 Å². The van der Waals surface area contributed by atoms with Gasteiger partial charge in [0.25, 0.3) is 0 Å². The number of nitrogens with one attached hydrogen (secondary N) is 1. The van der Waals surface area contributed by atoms with Crippen molar-refractivity contribution in [3.8, 4) is 11.6 Å². The Bertz CT molecular complexity index is 1260. The smallest absolute Gasteiger partial charge is 0.201 e. The minimum atomic E-state index is -2.58. The first-order chi connectivity index (χ1) is 17.0. The highest BCUT2D eigenvalue weighted by molar-refractivity contribution is 7.70. The molecular formula is C23H27FN8O2S. The van der Waals surface area contributed by atoms with Crippen molar-refractivity contribution in [2.75, 3.05) is 36.0 Å². The molecule has 1 saturated heterocycles. The zero-order chi connectivity index (χ0) is 24.4. The van der Waals surface area contributed by atoms with Gasteiger partial charge in [-0.2, -0.15) is 0 Å². The zero-order valence-corrected chi connectivity index (χ0v) is 20.2. The molecular weight excluding hydrogens is 471 g/mol. The molecule has 3 aromatic heterocycles. The molecule has 1 fully saturated rings. The summed E-state index contributed by atoms with van der Waals surface area (Å²) in [6.45, 7) is 4.55. The van der Waals surface area contributed by atoms with Gasteiger partial charge in [0.15, 0.2) is 11.6 Å². The molecule has 35 heavy (non-hydrogen) atoms. The second-order valence-electron chi connectivity index (χ2n) is 8.84. The van der Waals surface area contributed by atoms with Gasteiger partial charge in [0.05, 0.1) is 11.7 Å². The molecule has 0 saturated carbocycles. The minimum absolute atomic E-state index is 0.0717. The maximum absolute atomic E-state index is 14.7. The van der Waals surface area contributed by atoms with E-state index in [1.807, 2.05) is 6.92 Å². The van der Waals surface area contributed by atoms with Gasteiger partial charge in [0.2, 0.25) is 10.9 Å². The summed E-state index contributed by atoms with van der Waals surface area (Å²) in [6.07, 6.45) is 7.45. The predicted octanol–water partition coefficient (Wildman–Crippen LogP) is 1.92. The molecule has 2 aliphatic rings. The fourth-order valence-corrected chi connectivity index (χ4v) is 5.16. The average molecular weight is 499 g/mol. The van der Waals surface area contributed by atoms with Crippen LogP contribution in [0.5, 0.6) is 0 Å². The van der Waals surface area contributed by atoms with E-state index in [1.165, 1.54) is 12.1 Å². The number of pyridine rings is 1. The van der Waals surface area contributed by atoms with Crippen LogP contribution in [0.15, 0.2) is 36.8 Å². The first kappa shape index (κ1) is 23.5. The molecule has 2 aliphatic heterocycles. The number of nitrogens with zero attached hydrogens (tertiary/aromatic N) is 7. The van der Waals surface area contributed by atoms with Crippen LogP contribution in [-0.4, -0.2) is 59.5 Å². The summed E-state index contributed by atoms with van der Waals surface area (Å²) in [5.41, 5.74) is 1.92. The Balaban J connectivity index is 1.32. The highest BCUT2D eigenvalue weighted by atomic mass is 32.2. The number of piperidine rings is 1. The quantitative estimate of drug-likeness (QED) is 0.492. The van der Waals surface area contributed by atoms with E-state index in [4.69, 9.17) is 9.97 Å². The molecule has 0 amide bonds. The van der Waals surface area contributed by atoms with E-state index in [-0.39, 0.29) is 17.8 Å². The highest BCUT2D eigenvalue weighted by Crippen LogP contribution is 2.34. The van der Waals surface area contributed by atoms with Crippen LogP contribution in [0.2, 0.25) is 0 Å². The number of hydrogen-bond donors (Lipinski definition) is 2. The summed E-state index contributed by atoms with van der Waals surface area (Å²) in [5.74, 6) is 2.12. The molecule has 0 bridgehead atoms. The SMILES string of the molecule is CC1c2cnc(-c3ncccn3)nc2CCN1c1cc(F)cc(N2CCC(CN[SH](=O)=O)CC2)n1. The molecule has 5 heterocycles. The lowest BCUT2D eigenvalue weighted by Gasteiger charge is -2.37. The van der Waals surface area contributed by atoms with Crippen molar-refractivity contribution >= 4 is 22.5 Å². The average Bonchev–Trinajstić information content (AvgIpc) is 2.88. The number of rotatable bonds is 6. The number of fused-ring (bicyclic) bond motifs is 1. The van der Waals surface area contributed by atoms with Crippen LogP contribution in [0.4, 0.5) is 16.0 Å². The Kier molecular flexibility index (Phi) is 6.82. The molecule has 5 rings (SSSR count). The summed E-state index contributed by atoms with van der Waals surface area (Å²) in [6, 6.07) is 4.62. The second-order valence-corrected chi connectivity index (χ2v) is 9.67. The summed E-state index contributed by atoms with van der Waals surface area (Å²) in [4.78, 5) is 26.6. The van der Waals surface area contributed by atoms with Crippen LogP contribution in [0.25, 0.3) is 11.6 Å². The van der Waals surface area contributed by atoms with Gasteiger partial charge in [-0.05, 0) is 31.7 Å². The molecule has 184 valence electrons. The van der Waals surface area contributed by atoms with Crippen LogP contribution in [0.1, 0.15) is 37.1 Å². The molecule has 10 nitrogen and oxygen atoms in total. The monoisotopic (exact) mass is 498 g/mol. The number of thiol groups is 1. The fourth-order valence-electron chi connectivity index (χ4n) is 4.75. The Morgan fingerprint density at radius 3 is 2.51 bits per heavy atom. The molecule has 1 N–H and O–H groups in total. The van der Waals surface area contributed by atoms with E-state index in [2.05, 4.69) is 29.5 Å². The number of anilines is 2. The van der Waals surface area contributed by atoms with Crippen LogP contribution < -0.4 is 14.5 Å². The summed E-state index contributed by atoms with van der Waals surface area (Å²) in [5, 5.41) is 0. The summed E-state index contributed by atoms with van der Waals surface area (Å²) >= 11 is 0. The Hall–Kier alpha value is -3.25. The Labute approximate surface area is 204 Å². The maximum atomic E-state index is 14.7. The molecule has 0 aliphatic carbocycles. The highest BCUT2D eigenvalue weighted by Gasteiger charge is 2.28. The molecule has 3 aromatic rings. The first-order valence-corrected chi connectivity index (χ1v) is 12.9.